The maximum Gasteiger partial charge on any atom is 0.408 e. The molecule has 1 amide bonds. The molecule has 0 unspecified atom stereocenters. The molecule has 1 aliphatic rings. The number of hydrogen-bond acceptors (Lipinski definition) is 6. The Bertz CT molecular complexity index is 1450. The van der Waals surface area contributed by atoms with Crippen LogP contribution in [0.5, 0.6) is 0 Å². The van der Waals surface area contributed by atoms with Crippen molar-refractivity contribution in [3.05, 3.63) is 97.8 Å². The van der Waals surface area contributed by atoms with Crippen LogP contribution in [0.25, 0.3) is 0 Å². The van der Waals surface area contributed by atoms with Gasteiger partial charge in [-0.1, -0.05) is 36.4 Å². The van der Waals surface area contributed by atoms with E-state index in [9.17, 15) is 23.2 Å². The zero-order valence-electron chi connectivity index (χ0n) is 23.2. The Balaban J connectivity index is 1.85. The number of anilines is 1. The first-order valence-electron chi connectivity index (χ1n) is 13.2. The molecule has 40 heavy (non-hydrogen) atoms. The van der Waals surface area contributed by atoms with Gasteiger partial charge in [0.05, 0.1) is 19.1 Å². The summed E-state index contributed by atoms with van der Waals surface area (Å²) in [6, 6.07) is 11.6. The molecule has 214 valence electrons. The lowest BCUT2D eigenvalue weighted by atomic mass is 10.1. The van der Waals surface area contributed by atoms with Crippen molar-refractivity contribution in [2.24, 2.45) is 0 Å². The monoisotopic (exact) mass is 555 g/mol. The summed E-state index contributed by atoms with van der Waals surface area (Å²) in [5, 5.41) is 6.01. The summed E-state index contributed by atoms with van der Waals surface area (Å²) in [6.07, 6.45) is -0.711. The predicted molar refractivity (Wildman–Crippen MR) is 149 cm³/mol. The van der Waals surface area contributed by atoms with E-state index in [0.29, 0.717) is 37.4 Å². The Labute approximate surface area is 231 Å². The van der Waals surface area contributed by atoms with E-state index in [-0.39, 0.29) is 17.8 Å². The molecule has 1 aromatic heterocycles. The number of piperazine rings is 1. The molecule has 1 aliphatic heterocycles. The summed E-state index contributed by atoms with van der Waals surface area (Å²) in [7, 11) is 0. The highest BCUT2D eigenvalue weighted by molar-refractivity contribution is 5.68. The Morgan fingerprint density at radius 3 is 2.23 bits per heavy atom. The predicted octanol–water partition coefficient (Wildman–Crippen LogP) is 3.32. The average Bonchev–Trinajstić information content (AvgIpc) is 2.90. The molecule has 2 N–H and O–H groups in total. The zero-order chi connectivity index (χ0) is 29.0. The minimum Gasteiger partial charge on any atom is -0.444 e. The summed E-state index contributed by atoms with van der Waals surface area (Å²) in [6.45, 7) is 8.47. The quantitative estimate of drug-likeness (QED) is 0.464. The van der Waals surface area contributed by atoms with Crippen LogP contribution < -0.4 is 26.8 Å². The van der Waals surface area contributed by atoms with Crippen molar-refractivity contribution in [3.63, 3.8) is 0 Å². The third-order valence-electron chi connectivity index (χ3n) is 6.73. The molecule has 9 nitrogen and oxygen atoms in total. The number of nitrogens with one attached hydrogen (secondary N) is 2. The van der Waals surface area contributed by atoms with E-state index in [1.54, 1.807) is 52.0 Å². The summed E-state index contributed by atoms with van der Waals surface area (Å²) in [5.41, 5.74) is -1.09. The van der Waals surface area contributed by atoms with Crippen molar-refractivity contribution in [1.29, 1.82) is 0 Å². The highest BCUT2D eigenvalue weighted by Crippen LogP contribution is 2.20. The standard InChI is InChI=1S/C29H35F2N5O4/c1-19-25(34-15-13-32-14-16-34)26(37)36(28(39)35(19)17-21-22(30)11-8-12-23(21)31)18-24(20-9-6-5-7-10-20)33-27(38)40-29(2,3)4/h5-12,24,32H,13-18H2,1-4H3,(H,33,38)/t24-/m0/s1. The number of alkyl carbamates (subject to hydrolysis) is 1. The van der Waals surface area contributed by atoms with Crippen molar-refractivity contribution in [1.82, 2.24) is 19.8 Å². The molecular weight excluding hydrogens is 520 g/mol. The van der Waals surface area contributed by atoms with Crippen LogP contribution in [-0.2, 0) is 17.8 Å². The number of amides is 1. The maximum atomic E-state index is 14.6. The molecule has 2 aromatic carbocycles. The summed E-state index contributed by atoms with van der Waals surface area (Å²) in [5.74, 6) is -1.58. The van der Waals surface area contributed by atoms with E-state index in [1.165, 1.54) is 10.6 Å². The van der Waals surface area contributed by atoms with Crippen LogP contribution in [0.1, 0.15) is 43.6 Å². The fraction of sp³-hybridized carbons (Fsp3) is 0.414. The van der Waals surface area contributed by atoms with Gasteiger partial charge in [-0.3, -0.25) is 13.9 Å². The van der Waals surface area contributed by atoms with Crippen LogP contribution >= 0.6 is 0 Å². The lowest BCUT2D eigenvalue weighted by molar-refractivity contribution is 0.0497. The summed E-state index contributed by atoms with van der Waals surface area (Å²) < 4.78 is 37.0. The van der Waals surface area contributed by atoms with Gasteiger partial charge >= 0.3 is 11.8 Å². The molecule has 1 atom stereocenters. The van der Waals surface area contributed by atoms with Crippen LogP contribution in [0.15, 0.2) is 58.1 Å². The van der Waals surface area contributed by atoms with Gasteiger partial charge in [0.15, 0.2) is 0 Å². The normalized spacial score (nSPS) is 14.6. The van der Waals surface area contributed by atoms with Crippen molar-refractivity contribution < 1.29 is 18.3 Å². The van der Waals surface area contributed by atoms with E-state index < -0.39 is 47.2 Å². The number of aromatic nitrogens is 2. The molecule has 1 saturated heterocycles. The molecule has 1 fully saturated rings. The van der Waals surface area contributed by atoms with Crippen LogP contribution in [0.4, 0.5) is 19.3 Å². The molecule has 3 aromatic rings. The third-order valence-corrected chi connectivity index (χ3v) is 6.73. The van der Waals surface area contributed by atoms with Gasteiger partial charge in [0.1, 0.15) is 22.9 Å². The van der Waals surface area contributed by atoms with Gasteiger partial charge in [0.2, 0.25) is 0 Å². The molecule has 0 aliphatic carbocycles. The average molecular weight is 556 g/mol. The van der Waals surface area contributed by atoms with Crippen molar-refractivity contribution >= 4 is 11.8 Å². The molecule has 2 heterocycles. The highest BCUT2D eigenvalue weighted by Gasteiger charge is 2.27. The van der Waals surface area contributed by atoms with Crippen molar-refractivity contribution in [2.75, 3.05) is 31.1 Å². The van der Waals surface area contributed by atoms with Crippen LogP contribution in [0, 0.1) is 18.6 Å². The largest absolute Gasteiger partial charge is 0.444 e. The maximum absolute atomic E-state index is 14.6. The van der Waals surface area contributed by atoms with E-state index in [2.05, 4.69) is 10.6 Å². The number of hydrogen-bond donors (Lipinski definition) is 2. The van der Waals surface area contributed by atoms with Gasteiger partial charge in [0.25, 0.3) is 5.56 Å². The van der Waals surface area contributed by atoms with Gasteiger partial charge in [-0.25, -0.2) is 18.4 Å². The summed E-state index contributed by atoms with van der Waals surface area (Å²) in [4.78, 5) is 42.4. The SMILES string of the molecule is Cc1c(N2CCNCC2)c(=O)n(C[C@H](NC(=O)OC(C)(C)C)c2ccccc2)c(=O)n1Cc1c(F)cccc1F. The lowest BCUT2D eigenvalue weighted by Gasteiger charge is -2.32. The molecule has 0 bridgehead atoms. The Kier molecular flexibility index (Phi) is 8.73. The van der Waals surface area contributed by atoms with Gasteiger partial charge in [-0.15, -0.1) is 0 Å². The van der Waals surface area contributed by atoms with Crippen LogP contribution in [0.2, 0.25) is 0 Å². The van der Waals surface area contributed by atoms with Gasteiger partial charge in [0, 0.05) is 37.4 Å². The first-order valence-corrected chi connectivity index (χ1v) is 13.2. The minimum absolute atomic E-state index is 0.222. The number of carbonyl (C=O) groups is 1. The second-order valence-corrected chi connectivity index (χ2v) is 10.8. The number of nitrogens with zero attached hydrogens (tertiary/aromatic N) is 3. The molecule has 0 spiro atoms. The van der Waals surface area contributed by atoms with E-state index in [4.69, 9.17) is 4.74 Å². The van der Waals surface area contributed by atoms with Crippen molar-refractivity contribution in [3.8, 4) is 0 Å². The third kappa shape index (κ3) is 6.59. The number of halogens is 2. The number of rotatable bonds is 7. The van der Waals surface area contributed by atoms with Crippen LogP contribution in [-0.4, -0.2) is 47.0 Å². The highest BCUT2D eigenvalue weighted by atomic mass is 19.1. The number of ether oxygens (including phenoxy) is 1. The molecule has 0 radical (unpaired) electrons. The number of carbonyl (C=O) groups excluding carboxylic acids is 1. The van der Waals surface area contributed by atoms with E-state index in [0.717, 1.165) is 16.7 Å². The van der Waals surface area contributed by atoms with Crippen molar-refractivity contribution in [2.45, 2.75) is 52.4 Å². The Hall–Kier alpha value is -3.99. The lowest BCUT2D eigenvalue weighted by Crippen LogP contribution is -2.51. The number of benzene rings is 2. The first kappa shape index (κ1) is 29.0. The molecule has 0 saturated carbocycles. The Morgan fingerprint density at radius 2 is 1.62 bits per heavy atom. The minimum atomic E-state index is -0.807. The van der Waals surface area contributed by atoms with E-state index >= 15 is 0 Å². The fourth-order valence-electron chi connectivity index (χ4n) is 4.78. The second kappa shape index (κ2) is 12.0. The van der Waals surface area contributed by atoms with Gasteiger partial charge < -0.3 is 20.3 Å². The second-order valence-electron chi connectivity index (χ2n) is 10.8. The molecule has 4 rings (SSSR count). The topological polar surface area (TPSA) is 97.6 Å². The summed E-state index contributed by atoms with van der Waals surface area (Å²) >= 11 is 0. The zero-order valence-corrected chi connectivity index (χ0v) is 23.2. The van der Waals surface area contributed by atoms with E-state index in [1.807, 2.05) is 11.0 Å². The van der Waals surface area contributed by atoms with Gasteiger partial charge in [-0.2, -0.15) is 0 Å². The first-order chi connectivity index (χ1) is 19.0. The van der Waals surface area contributed by atoms with Gasteiger partial charge in [-0.05, 0) is 45.4 Å². The molecular formula is C29H35F2N5O4. The Morgan fingerprint density at radius 1 is 1.00 bits per heavy atom. The smallest absolute Gasteiger partial charge is 0.408 e. The van der Waals surface area contributed by atoms with Crippen LogP contribution in [0.3, 0.4) is 0 Å². The fourth-order valence-corrected chi connectivity index (χ4v) is 4.78. The molecule has 11 heteroatoms.